The van der Waals surface area contributed by atoms with E-state index in [1.165, 1.54) is 0 Å². The summed E-state index contributed by atoms with van der Waals surface area (Å²) in [6.07, 6.45) is 7.08. The molecule has 31 heavy (non-hydrogen) atoms. The molecular weight excluding hydrogens is 414 g/mol. The highest BCUT2D eigenvalue weighted by Gasteiger charge is 2.37. The Labute approximate surface area is 183 Å². The maximum absolute atomic E-state index is 13.5. The number of rotatable bonds is 2. The molecule has 9 heteroatoms. The van der Waals surface area contributed by atoms with Crippen LogP contribution in [-0.4, -0.2) is 49.5 Å². The fourth-order valence-electron chi connectivity index (χ4n) is 5.29. The van der Waals surface area contributed by atoms with E-state index in [0.717, 1.165) is 60.3 Å². The molecular formula is C22H24ClN7O. The van der Waals surface area contributed by atoms with E-state index in [-0.39, 0.29) is 5.56 Å². The highest BCUT2D eigenvalue weighted by Crippen LogP contribution is 2.37. The minimum absolute atomic E-state index is 0.0600. The van der Waals surface area contributed by atoms with Crippen LogP contribution >= 0.6 is 11.6 Å². The van der Waals surface area contributed by atoms with Crippen molar-refractivity contribution in [2.24, 2.45) is 14.1 Å². The Morgan fingerprint density at radius 2 is 1.97 bits per heavy atom. The third kappa shape index (κ3) is 2.74. The van der Waals surface area contributed by atoms with E-state index >= 15 is 0 Å². The largest absolute Gasteiger partial charge is 0.345 e. The Balaban J connectivity index is 1.53. The summed E-state index contributed by atoms with van der Waals surface area (Å²) in [5.41, 5.74) is 2.95. The fraction of sp³-hybridized carbons (Fsp3) is 0.409. The molecule has 0 saturated carbocycles. The summed E-state index contributed by atoms with van der Waals surface area (Å²) in [7, 11) is 3.69. The van der Waals surface area contributed by atoms with Crippen LogP contribution in [0, 0.1) is 0 Å². The summed E-state index contributed by atoms with van der Waals surface area (Å²) in [6.45, 7) is 1.94. The van der Waals surface area contributed by atoms with E-state index in [1.807, 2.05) is 38.6 Å². The highest BCUT2D eigenvalue weighted by molar-refractivity contribution is 6.38. The van der Waals surface area contributed by atoms with Gasteiger partial charge < -0.3 is 15.2 Å². The number of aryl methyl sites for hydroxylation is 1. The molecule has 2 aliphatic rings. The maximum atomic E-state index is 13.5. The van der Waals surface area contributed by atoms with Crippen molar-refractivity contribution < 1.29 is 0 Å². The SMILES string of the molecule is Cn1cc2c(Cl)c(-c3c[nH]c4nc(N5[C@@H]6CCNC[C@H]5CC6)n(C)c(=O)c34)ccc2n1. The van der Waals surface area contributed by atoms with Gasteiger partial charge in [-0.1, -0.05) is 17.7 Å². The van der Waals surface area contributed by atoms with Crippen LogP contribution in [0.5, 0.6) is 0 Å². The summed E-state index contributed by atoms with van der Waals surface area (Å²) >= 11 is 6.74. The average molecular weight is 438 g/mol. The minimum atomic E-state index is -0.0600. The van der Waals surface area contributed by atoms with Gasteiger partial charge in [-0.15, -0.1) is 0 Å². The number of nitrogens with one attached hydrogen (secondary N) is 2. The van der Waals surface area contributed by atoms with Gasteiger partial charge in [0, 0.05) is 61.6 Å². The highest BCUT2D eigenvalue weighted by atomic mass is 35.5. The molecule has 0 spiro atoms. The zero-order valence-electron chi connectivity index (χ0n) is 17.5. The summed E-state index contributed by atoms with van der Waals surface area (Å²) in [5.74, 6) is 0.746. The number of anilines is 1. The van der Waals surface area contributed by atoms with Crippen molar-refractivity contribution in [2.45, 2.75) is 31.3 Å². The molecule has 2 bridgehead atoms. The lowest BCUT2D eigenvalue weighted by molar-refractivity contribution is 0.567. The van der Waals surface area contributed by atoms with Crippen LogP contribution in [0.15, 0.2) is 29.3 Å². The van der Waals surface area contributed by atoms with E-state index in [9.17, 15) is 4.79 Å². The molecule has 6 rings (SSSR count). The van der Waals surface area contributed by atoms with Gasteiger partial charge in [0.2, 0.25) is 5.95 Å². The minimum Gasteiger partial charge on any atom is -0.345 e. The molecule has 8 nitrogen and oxygen atoms in total. The molecule has 3 aromatic heterocycles. The lowest BCUT2D eigenvalue weighted by atomic mass is 10.0. The van der Waals surface area contributed by atoms with Crippen LogP contribution in [0.25, 0.3) is 33.1 Å². The predicted molar refractivity (Wildman–Crippen MR) is 123 cm³/mol. The van der Waals surface area contributed by atoms with Gasteiger partial charge in [0.25, 0.3) is 5.56 Å². The van der Waals surface area contributed by atoms with E-state index < -0.39 is 0 Å². The van der Waals surface area contributed by atoms with Gasteiger partial charge >= 0.3 is 0 Å². The Hall–Kier alpha value is -2.84. The number of hydrogen-bond acceptors (Lipinski definition) is 5. The van der Waals surface area contributed by atoms with Crippen LogP contribution in [-0.2, 0) is 14.1 Å². The van der Waals surface area contributed by atoms with Gasteiger partial charge in [0.1, 0.15) is 5.65 Å². The number of H-pyrrole nitrogens is 1. The third-order valence-electron chi connectivity index (χ3n) is 6.80. The van der Waals surface area contributed by atoms with Gasteiger partial charge in [0.15, 0.2) is 0 Å². The first kappa shape index (κ1) is 18.9. The molecule has 2 atom stereocenters. The average Bonchev–Trinajstić information content (AvgIpc) is 3.39. The summed E-state index contributed by atoms with van der Waals surface area (Å²) < 4.78 is 3.44. The van der Waals surface area contributed by atoms with E-state index in [2.05, 4.69) is 20.3 Å². The maximum Gasteiger partial charge on any atom is 0.264 e. The first-order valence-corrected chi connectivity index (χ1v) is 11.1. The summed E-state index contributed by atoms with van der Waals surface area (Å²) in [5, 5.41) is 9.95. The molecule has 160 valence electrons. The van der Waals surface area contributed by atoms with Crippen molar-refractivity contribution in [2.75, 3.05) is 18.0 Å². The van der Waals surface area contributed by atoms with Crippen LogP contribution in [0.4, 0.5) is 5.95 Å². The second kappa shape index (κ2) is 6.83. The number of benzene rings is 1. The van der Waals surface area contributed by atoms with Crippen LogP contribution in [0.2, 0.25) is 5.02 Å². The van der Waals surface area contributed by atoms with E-state index in [1.54, 1.807) is 9.25 Å². The molecule has 0 amide bonds. The second-order valence-corrected chi connectivity index (χ2v) is 9.03. The molecule has 0 unspecified atom stereocenters. The molecule has 1 aromatic carbocycles. The van der Waals surface area contributed by atoms with Gasteiger partial charge in [0.05, 0.1) is 15.9 Å². The van der Waals surface area contributed by atoms with Crippen LogP contribution < -0.4 is 15.8 Å². The number of halogens is 1. The predicted octanol–water partition coefficient (Wildman–Crippen LogP) is 2.80. The lowest BCUT2D eigenvalue weighted by Gasteiger charge is -2.30. The molecule has 0 aliphatic carbocycles. The summed E-state index contributed by atoms with van der Waals surface area (Å²) in [6, 6.07) is 4.66. The van der Waals surface area contributed by atoms with Gasteiger partial charge in [-0.3, -0.25) is 14.0 Å². The fourth-order valence-corrected chi connectivity index (χ4v) is 5.60. The summed E-state index contributed by atoms with van der Waals surface area (Å²) in [4.78, 5) is 24.1. The second-order valence-electron chi connectivity index (χ2n) is 8.65. The quantitative estimate of drug-likeness (QED) is 0.503. The van der Waals surface area contributed by atoms with Crippen molar-refractivity contribution >= 4 is 39.5 Å². The topological polar surface area (TPSA) is 83.8 Å². The number of hydrogen-bond donors (Lipinski definition) is 2. The molecule has 0 radical (unpaired) electrons. The first-order chi connectivity index (χ1) is 15.0. The Morgan fingerprint density at radius 3 is 2.84 bits per heavy atom. The van der Waals surface area contributed by atoms with Crippen LogP contribution in [0.3, 0.4) is 0 Å². The molecule has 2 saturated heterocycles. The smallest absolute Gasteiger partial charge is 0.264 e. The molecule has 2 aliphatic heterocycles. The first-order valence-electron chi connectivity index (χ1n) is 10.7. The number of aromatic nitrogens is 5. The Morgan fingerprint density at radius 1 is 1.13 bits per heavy atom. The van der Waals surface area contributed by atoms with Crippen molar-refractivity contribution in [3.05, 3.63) is 39.9 Å². The van der Waals surface area contributed by atoms with Crippen LogP contribution in [0.1, 0.15) is 19.3 Å². The Kier molecular flexibility index (Phi) is 4.16. The van der Waals surface area contributed by atoms with Crippen molar-refractivity contribution in [3.63, 3.8) is 0 Å². The third-order valence-corrected chi connectivity index (χ3v) is 7.21. The van der Waals surface area contributed by atoms with Gasteiger partial charge in [-0.05, 0) is 31.9 Å². The molecule has 2 N–H and O–H groups in total. The number of nitrogens with zero attached hydrogens (tertiary/aromatic N) is 5. The standard InChI is InChI=1S/C22H24ClN7O/c1-28-11-16-17(27-28)6-5-14(19(16)23)15-10-25-20-18(15)21(31)29(2)22(26-20)30-12-3-4-13(30)9-24-8-7-12/h5-6,10-13,24-25H,3-4,7-9H2,1-2H3/t12-,13+/m0/s1. The van der Waals surface area contributed by atoms with E-state index in [4.69, 9.17) is 16.6 Å². The van der Waals surface area contributed by atoms with Crippen molar-refractivity contribution in [3.8, 4) is 11.1 Å². The monoisotopic (exact) mass is 437 g/mol. The lowest BCUT2D eigenvalue weighted by Crippen LogP contribution is -2.41. The number of aromatic amines is 1. The zero-order chi connectivity index (χ0) is 21.3. The van der Waals surface area contributed by atoms with Crippen molar-refractivity contribution in [1.29, 1.82) is 0 Å². The van der Waals surface area contributed by atoms with Gasteiger partial charge in [-0.25, -0.2) is 0 Å². The Bertz CT molecular complexity index is 1370. The van der Waals surface area contributed by atoms with Gasteiger partial charge in [-0.2, -0.15) is 10.1 Å². The molecule has 4 aromatic rings. The van der Waals surface area contributed by atoms with Crippen molar-refractivity contribution in [1.82, 2.24) is 29.6 Å². The molecule has 5 heterocycles. The molecule has 2 fully saturated rings. The number of fused-ring (bicyclic) bond motifs is 4. The van der Waals surface area contributed by atoms with E-state index in [0.29, 0.717) is 28.1 Å². The normalized spacial score (nSPS) is 21.3. The zero-order valence-corrected chi connectivity index (χ0v) is 18.3.